The molecule has 5 heteroatoms. The molecular formula is C15H22ClNO2S. The van der Waals surface area contributed by atoms with Crippen molar-refractivity contribution >= 4 is 21.6 Å². The first-order valence-corrected chi connectivity index (χ1v) is 9.37. The molecular weight excluding hydrogens is 294 g/mol. The maximum Gasteiger partial charge on any atom is 0.214 e. The Morgan fingerprint density at radius 3 is 2.65 bits per heavy atom. The van der Waals surface area contributed by atoms with Gasteiger partial charge in [-0.15, -0.1) is 11.6 Å². The van der Waals surface area contributed by atoms with Crippen molar-refractivity contribution in [2.75, 3.05) is 18.2 Å². The summed E-state index contributed by atoms with van der Waals surface area (Å²) in [5.74, 6) is 0.758. The maximum absolute atomic E-state index is 12.4. The Labute approximate surface area is 127 Å². The van der Waals surface area contributed by atoms with Crippen molar-refractivity contribution in [2.24, 2.45) is 0 Å². The second-order valence-electron chi connectivity index (χ2n) is 5.31. The number of rotatable bonds is 7. The summed E-state index contributed by atoms with van der Waals surface area (Å²) in [6.45, 7) is 0.667. The zero-order valence-electron chi connectivity index (χ0n) is 11.7. The molecule has 20 heavy (non-hydrogen) atoms. The standard InChI is InChI=1S/C15H22ClNO2S/c16-10-4-5-12-20(18,19)17-11-6-9-15(17)13-14-7-2-1-3-8-14/h1-3,7-8,15H,4-6,9-13H2. The van der Waals surface area contributed by atoms with Crippen molar-refractivity contribution in [3.05, 3.63) is 35.9 Å². The number of hydrogen-bond acceptors (Lipinski definition) is 2. The lowest BCUT2D eigenvalue weighted by atomic mass is 10.1. The van der Waals surface area contributed by atoms with Gasteiger partial charge in [0, 0.05) is 18.5 Å². The van der Waals surface area contributed by atoms with E-state index in [9.17, 15) is 8.42 Å². The Morgan fingerprint density at radius 1 is 1.20 bits per heavy atom. The summed E-state index contributed by atoms with van der Waals surface area (Å²) in [5.41, 5.74) is 1.21. The van der Waals surface area contributed by atoms with Crippen LogP contribution in [-0.4, -0.2) is 36.9 Å². The van der Waals surface area contributed by atoms with Gasteiger partial charge in [0.1, 0.15) is 0 Å². The molecule has 1 aromatic carbocycles. The Balaban J connectivity index is 1.99. The summed E-state index contributed by atoms with van der Waals surface area (Å²) >= 11 is 5.62. The third-order valence-corrected chi connectivity index (χ3v) is 6.05. The van der Waals surface area contributed by atoms with Crippen molar-refractivity contribution < 1.29 is 8.42 Å². The SMILES string of the molecule is O=S(=O)(CCCCCl)N1CCCC1Cc1ccccc1. The zero-order valence-corrected chi connectivity index (χ0v) is 13.2. The third kappa shape index (κ3) is 4.21. The molecule has 1 heterocycles. The van der Waals surface area contributed by atoms with Crippen LogP contribution >= 0.6 is 11.6 Å². The van der Waals surface area contributed by atoms with Gasteiger partial charge in [-0.3, -0.25) is 0 Å². The monoisotopic (exact) mass is 315 g/mol. The molecule has 1 saturated heterocycles. The first-order chi connectivity index (χ1) is 9.63. The first-order valence-electron chi connectivity index (χ1n) is 7.23. The van der Waals surface area contributed by atoms with Crippen molar-refractivity contribution in [1.82, 2.24) is 4.31 Å². The van der Waals surface area contributed by atoms with E-state index in [1.165, 1.54) is 5.56 Å². The predicted octanol–water partition coefficient (Wildman–Crippen LogP) is 3.04. The van der Waals surface area contributed by atoms with Crippen molar-refractivity contribution in [3.8, 4) is 0 Å². The number of sulfonamides is 1. The van der Waals surface area contributed by atoms with Crippen LogP contribution in [0.15, 0.2) is 30.3 Å². The van der Waals surface area contributed by atoms with E-state index >= 15 is 0 Å². The highest BCUT2D eigenvalue weighted by Crippen LogP contribution is 2.25. The highest BCUT2D eigenvalue weighted by molar-refractivity contribution is 7.89. The fourth-order valence-corrected chi connectivity index (χ4v) is 4.80. The van der Waals surface area contributed by atoms with Crippen LogP contribution in [0.25, 0.3) is 0 Å². The molecule has 0 saturated carbocycles. The lowest BCUT2D eigenvalue weighted by Gasteiger charge is -2.24. The fraction of sp³-hybridized carbons (Fsp3) is 0.600. The Morgan fingerprint density at radius 2 is 1.95 bits per heavy atom. The van der Waals surface area contributed by atoms with E-state index in [0.717, 1.165) is 25.7 Å². The molecule has 0 aliphatic carbocycles. The molecule has 0 spiro atoms. The van der Waals surface area contributed by atoms with Crippen molar-refractivity contribution in [3.63, 3.8) is 0 Å². The normalized spacial score (nSPS) is 20.4. The average molecular weight is 316 g/mol. The van der Waals surface area contributed by atoms with Gasteiger partial charge in [0.2, 0.25) is 10.0 Å². The minimum absolute atomic E-state index is 0.124. The van der Waals surface area contributed by atoms with Gasteiger partial charge in [-0.1, -0.05) is 30.3 Å². The molecule has 1 unspecified atom stereocenters. The minimum atomic E-state index is -3.13. The number of hydrogen-bond donors (Lipinski definition) is 0. The molecule has 0 aromatic heterocycles. The van der Waals surface area contributed by atoms with Crippen LogP contribution in [0.4, 0.5) is 0 Å². The average Bonchev–Trinajstić information content (AvgIpc) is 2.89. The lowest BCUT2D eigenvalue weighted by molar-refractivity contribution is 0.385. The highest BCUT2D eigenvalue weighted by Gasteiger charge is 2.33. The van der Waals surface area contributed by atoms with Crippen LogP contribution < -0.4 is 0 Å². The highest BCUT2D eigenvalue weighted by atomic mass is 35.5. The van der Waals surface area contributed by atoms with Crippen molar-refractivity contribution in [1.29, 1.82) is 0 Å². The summed E-state index contributed by atoms with van der Waals surface area (Å²) < 4.78 is 26.5. The minimum Gasteiger partial charge on any atom is -0.212 e. The van der Waals surface area contributed by atoms with Crippen LogP contribution in [0.3, 0.4) is 0 Å². The third-order valence-electron chi connectivity index (χ3n) is 3.78. The second-order valence-corrected chi connectivity index (χ2v) is 7.73. The smallest absolute Gasteiger partial charge is 0.212 e. The molecule has 0 radical (unpaired) electrons. The predicted molar refractivity (Wildman–Crippen MR) is 83.6 cm³/mol. The molecule has 3 nitrogen and oxygen atoms in total. The van der Waals surface area contributed by atoms with Crippen LogP contribution in [0.5, 0.6) is 0 Å². The molecule has 1 atom stereocenters. The summed E-state index contributed by atoms with van der Waals surface area (Å²) in [6.07, 6.45) is 4.16. The molecule has 0 bridgehead atoms. The topological polar surface area (TPSA) is 37.4 Å². The molecule has 0 N–H and O–H groups in total. The maximum atomic E-state index is 12.4. The van der Waals surface area contributed by atoms with E-state index in [-0.39, 0.29) is 11.8 Å². The molecule has 112 valence electrons. The number of halogens is 1. The summed E-state index contributed by atoms with van der Waals surface area (Å²) in [7, 11) is -3.13. The lowest BCUT2D eigenvalue weighted by Crippen LogP contribution is -2.38. The van der Waals surface area contributed by atoms with Gasteiger partial charge in [-0.2, -0.15) is 4.31 Å². The van der Waals surface area contributed by atoms with Gasteiger partial charge in [0.25, 0.3) is 0 Å². The number of unbranched alkanes of at least 4 members (excludes halogenated alkanes) is 1. The second kappa shape index (κ2) is 7.43. The fourth-order valence-electron chi connectivity index (χ4n) is 2.76. The molecule has 1 fully saturated rings. The summed E-state index contributed by atoms with van der Waals surface area (Å²) in [4.78, 5) is 0. The molecule has 1 aliphatic heterocycles. The van der Waals surface area contributed by atoms with E-state index in [1.807, 2.05) is 18.2 Å². The molecule has 1 aromatic rings. The zero-order chi connectivity index (χ0) is 14.4. The van der Waals surface area contributed by atoms with Crippen LogP contribution in [0.1, 0.15) is 31.2 Å². The van der Waals surface area contributed by atoms with Crippen LogP contribution in [0.2, 0.25) is 0 Å². The van der Waals surface area contributed by atoms with E-state index in [0.29, 0.717) is 18.8 Å². The van der Waals surface area contributed by atoms with Gasteiger partial charge in [-0.25, -0.2) is 8.42 Å². The molecule has 1 aliphatic rings. The van der Waals surface area contributed by atoms with E-state index in [1.54, 1.807) is 4.31 Å². The van der Waals surface area contributed by atoms with Gasteiger partial charge in [0.15, 0.2) is 0 Å². The van der Waals surface area contributed by atoms with Gasteiger partial charge in [0.05, 0.1) is 5.75 Å². The molecule has 0 amide bonds. The summed E-state index contributed by atoms with van der Waals surface area (Å²) in [5, 5.41) is 0. The number of nitrogens with zero attached hydrogens (tertiary/aromatic N) is 1. The Bertz CT molecular complexity index is 504. The van der Waals surface area contributed by atoms with Gasteiger partial charge < -0.3 is 0 Å². The van der Waals surface area contributed by atoms with Gasteiger partial charge >= 0.3 is 0 Å². The van der Waals surface area contributed by atoms with Crippen LogP contribution in [-0.2, 0) is 16.4 Å². The number of benzene rings is 1. The Hall–Kier alpha value is -0.580. The number of alkyl halides is 1. The largest absolute Gasteiger partial charge is 0.214 e. The van der Waals surface area contributed by atoms with Crippen LogP contribution in [0, 0.1) is 0 Å². The van der Waals surface area contributed by atoms with E-state index < -0.39 is 10.0 Å². The first kappa shape index (κ1) is 15.8. The van der Waals surface area contributed by atoms with Gasteiger partial charge in [-0.05, 0) is 37.7 Å². The van der Waals surface area contributed by atoms with E-state index in [4.69, 9.17) is 11.6 Å². The molecule has 2 rings (SSSR count). The quantitative estimate of drug-likeness (QED) is 0.573. The summed E-state index contributed by atoms with van der Waals surface area (Å²) in [6, 6.07) is 10.2. The Kier molecular flexibility index (Phi) is 5.87. The van der Waals surface area contributed by atoms with E-state index in [2.05, 4.69) is 12.1 Å². The van der Waals surface area contributed by atoms with Crippen molar-refractivity contribution in [2.45, 2.75) is 38.1 Å².